The van der Waals surface area contributed by atoms with Gasteiger partial charge in [-0.05, 0) is 40.4 Å². The van der Waals surface area contributed by atoms with Crippen LogP contribution in [0.3, 0.4) is 0 Å². The Hall–Kier alpha value is -6.04. The normalized spacial score (nSPS) is 14.0. The predicted molar refractivity (Wildman–Crippen MR) is 200 cm³/mol. The first kappa shape index (κ1) is 27.1. The van der Waals surface area contributed by atoms with Crippen LogP contribution in [0.25, 0.3) is 75.6 Å². The van der Waals surface area contributed by atoms with Crippen molar-refractivity contribution in [1.82, 2.24) is 9.97 Å². The molecule has 9 aromatic rings. The van der Waals surface area contributed by atoms with E-state index >= 15 is 0 Å². The average Bonchev–Trinajstić information content (AvgIpc) is 3.77. The molecule has 1 aliphatic rings. The molecule has 0 saturated heterocycles. The number of rotatable bonds is 4. The Kier molecular flexibility index (Phi) is 6.08. The zero-order valence-electron chi connectivity index (χ0n) is 25.7. The van der Waals surface area contributed by atoms with E-state index in [9.17, 15) is 0 Å². The molecule has 0 fully saturated rings. The van der Waals surface area contributed by atoms with E-state index in [-0.39, 0.29) is 6.23 Å². The van der Waals surface area contributed by atoms with Crippen LogP contribution >= 0.6 is 11.3 Å². The van der Waals surface area contributed by atoms with Crippen LogP contribution in [0.4, 0.5) is 5.69 Å². The van der Waals surface area contributed by atoms with Crippen LogP contribution in [-0.2, 0) is 0 Å². The lowest BCUT2D eigenvalue weighted by atomic mass is 9.98. The van der Waals surface area contributed by atoms with Crippen molar-refractivity contribution in [2.45, 2.75) is 6.23 Å². The highest BCUT2D eigenvalue weighted by Crippen LogP contribution is 2.48. The second-order valence-corrected chi connectivity index (χ2v) is 13.2. The van der Waals surface area contributed by atoms with Crippen molar-refractivity contribution >= 4 is 58.7 Å². The molecule has 3 heterocycles. The maximum Gasteiger partial charge on any atom is 0.198 e. The third-order valence-corrected chi connectivity index (χ3v) is 10.6. The molecule has 0 spiro atoms. The third-order valence-electron chi connectivity index (χ3n) is 9.32. The lowest BCUT2D eigenvalue weighted by Crippen LogP contribution is -2.10. The fourth-order valence-electron chi connectivity index (χ4n) is 7.01. The summed E-state index contributed by atoms with van der Waals surface area (Å²) in [4.78, 5) is 10.1. The number of nitrogens with one attached hydrogen (secondary N) is 1. The number of benzene rings is 7. The molecule has 48 heavy (non-hydrogen) atoms. The molecule has 7 aromatic carbocycles. The Morgan fingerprint density at radius 2 is 1.23 bits per heavy atom. The highest BCUT2D eigenvalue weighted by Gasteiger charge is 2.28. The number of aromatic nitrogens is 2. The standard InChI is InChI=1S/C43H27N3OS/c1-3-10-26(11-4-1)35-25-36(27-12-5-2-6-13-27)45-42(44-35)30-20-22-31-29(24-30)19-18-28-21-23-37-40(39(28)31)46-43(47-37)34-16-9-15-33-32-14-7-8-17-38(32)48-41(33)34/h1-25,43,46H. The molecular formula is C43H27N3OS. The largest absolute Gasteiger partial charge is 0.464 e. The number of hydrogen-bond donors (Lipinski definition) is 1. The molecule has 1 atom stereocenters. The number of ether oxygens (including phenoxy) is 1. The Morgan fingerprint density at radius 1 is 0.542 bits per heavy atom. The zero-order valence-corrected chi connectivity index (χ0v) is 26.5. The van der Waals surface area contributed by atoms with E-state index in [1.54, 1.807) is 0 Å². The summed E-state index contributed by atoms with van der Waals surface area (Å²) in [7, 11) is 0. The first-order valence-corrected chi connectivity index (χ1v) is 16.9. The van der Waals surface area contributed by atoms with Crippen LogP contribution in [0.5, 0.6) is 5.75 Å². The van der Waals surface area contributed by atoms with Gasteiger partial charge in [-0.15, -0.1) is 11.3 Å². The molecule has 1 aliphatic heterocycles. The summed E-state index contributed by atoms with van der Waals surface area (Å²) in [6.45, 7) is 0. The van der Waals surface area contributed by atoms with E-state index in [2.05, 4.69) is 121 Å². The molecule has 0 aliphatic carbocycles. The molecule has 1 unspecified atom stereocenters. The smallest absolute Gasteiger partial charge is 0.198 e. The summed E-state index contributed by atoms with van der Waals surface area (Å²) in [6.07, 6.45) is -0.276. The van der Waals surface area contributed by atoms with E-state index in [1.807, 2.05) is 47.7 Å². The van der Waals surface area contributed by atoms with Crippen LogP contribution in [-0.4, -0.2) is 9.97 Å². The number of fused-ring (bicyclic) bond motifs is 8. The van der Waals surface area contributed by atoms with E-state index in [0.717, 1.165) is 61.2 Å². The number of anilines is 1. The molecule has 1 N–H and O–H groups in total. The Balaban J connectivity index is 1.08. The topological polar surface area (TPSA) is 47.0 Å². The van der Waals surface area contributed by atoms with Crippen molar-refractivity contribution in [2.24, 2.45) is 0 Å². The van der Waals surface area contributed by atoms with Crippen LogP contribution in [0.2, 0.25) is 0 Å². The van der Waals surface area contributed by atoms with Crippen molar-refractivity contribution in [3.8, 4) is 39.7 Å². The second kappa shape index (κ2) is 10.8. The summed E-state index contributed by atoms with van der Waals surface area (Å²) < 4.78 is 9.18. The molecule has 0 amide bonds. The van der Waals surface area contributed by atoms with Gasteiger partial charge in [0.1, 0.15) is 5.75 Å². The molecular weight excluding hydrogens is 607 g/mol. The molecule has 0 radical (unpaired) electrons. The van der Waals surface area contributed by atoms with Crippen molar-refractivity contribution < 1.29 is 4.74 Å². The van der Waals surface area contributed by atoms with Gasteiger partial charge in [0.25, 0.3) is 0 Å². The van der Waals surface area contributed by atoms with E-state index in [0.29, 0.717) is 5.82 Å². The first-order valence-electron chi connectivity index (χ1n) is 16.1. The lowest BCUT2D eigenvalue weighted by Gasteiger charge is -2.13. The fourth-order valence-corrected chi connectivity index (χ4v) is 8.25. The highest BCUT2D eigenvalue weighted by atomic mass is 32.1. The maximum atomic E-state index is 6.63. The van der Waals surface area contributed by atoms with Gasteiger partial charge in [-0.1, -0.05) is 127 Å². The first-order chi connectivity index (χ1) is 23.8. The molecule has 226 valence electrons. The van der Waals surface area contributed by atoms with Gasteiger partial charge in [-0.2, -0.15) is 0 Å². The summed E-state index contributed by atoms with van der Waals surface area (Å²) in [5.74, 6) is 1.57. The Labute approximate surface area is 280 Å². The number of hydrogen-bond acceptors (Lipinski definition) is 5. The minimum atomic E-state index is -0.276. The minimum absolute atomic E-state index is 0.276. The monoisotopic (exact) mass is 633 g/mol. The van der Waals surface area contributed by atoms with Crippen molar-refractivity contribution in [3.63, 3.8) is 0 Å². The molecule has 4 nitrogen and oxygen atoms in total. The molecule has 2 aromatic heterocycles. The van der Waals surface area contributed by atoms with Crippen molar-refractivity contribution in [2.75, 3.05) is 5.32 Å². The van der Waals surface area contributed by atoms with Gasteiger partial charge in [-0.3, -0.25) is 0 Å². The van der Waals surface area contributed by atoms with Gasteiger partial charge in [0, 0.05) is 47.8 Å². The predicted octanol–water partition coefficient (Wildman–Crippen LogP) is 11.7. The van der Waals surface area contributed by atoms with Crippen LogP contribution in [0.15, 0.2) is 152 Å². The zero-order chi connectivity index (χ0) is 31.6. The SMILES string of the molecule is c1ccc(-c2cc(-c3ccccc3)nc(-c3ccc4c(ccc5ccc6c(c54)NC(c4cccc5c4sc4ccccc45)O6)c3)n2)cc1. The van der Waals surface area contributed by atoms with E-state index < -0.39 is 0 Å². The summed E-state index contributed by atoms with van der Waals surface area (Å²) in [6, 6.07) is 53.0. The van der Waals surface area contributed by atoms with Gasteiger partial charge in [0.05, 0.1) is 17.1 Å². The van der Waals surface area contributed by atoms with Gasteiger partial charge in [0.2, 0.25) is 0 Å². The van der Waals surface area contributed by atoms with Gasteiger partial charge in [-0.25, -0.2) is 9.97 Å². The van der Waals surface area contributed by atoms with E-state index in [1.165, 1.54) is 25.6 Å². The lowest BCUT2D eigenvalue weighted by molar-refractivity contribution is 0.261. The average molecular weight is 634 g/mol. The number of thiophene rings is 1. The van der Waals surface area contributed by atoms with Crippen molar-refractivity contribution in [3.05, 3.63) is 157 Å². The van der Waals surface area contributed by atoms with Crippen LogP contribution in [0, 0.1) is 0 Å². The van der Waals surface area contributed by atoms with Gasteiger partial charge >= 0.3 is 0 Å². The minimum Gasteiger partial charge on any atom is -0.464 e. The fraction of sp³-hybridized carbons (Fsp3) is 0.0233. The maximum absolute atomic E-state index is 6.63. The molecule has 5 heteroatoms. The van der Waals surface area contributed by atoms with Crippen LogP contribution in [0.1, 0.15) is 11.8 Å². The Bertz CT molecular complexity index is 2630. The van der Waals surface area contributed by atoms with Gasteiger partial charge < -0.3 is 10.1 Å². The molecule has 0 bridgehead atoms. The van der Waals surface area contributed by atoms with E-state index in [4.69, 9.17) is 14.7 Å². The quantitative estimate of drug-likeness (QED) is 0.196. The Morgan fingerprint density at radius 3 is 2.02 bits per heavy atom. The third kappa shape index (κ3) is 4.36. The summed E-state index contributed by atoms with van der Waals surface area (Å²) in [5.41, 5.74) is 7.09. The van der Waals surface area contributed by atoms with Crippen LogP contribution < -0.4 is 10.1 Å². The summed E-state index contributed by atoms with van der Waals surface area (Å²) >= 11 is 1.83. The second-order valence-electron chi connectivity index (χ2n) is 12.2. The summed E-state index contributed by atoms with van der Waals surface area (Å²) in [5, 5.41) is 10.9. The van der Waals surface area contributed by atoms with Gasteiger partial charge in [0.15, 0.2) is 12.1 Å². The highest BCUT2D eigenvalue weighted by molar-refractivity contribution is 7.26. The molecule has 0 saturated carbocycles. The number of nitrogens with zero attached hydrogens (tertiary/aromatic N) is 2. The molecule has 10 rings (SSSR count). The van der Waals surface area contributed by atoms with Crippen molar-refractivity contribution in [1.29, 1.82) is 0 Å².